The Morgan fingerprint density at radius 2 is 1.88 bits per heavy atom. The van der Waals surface area contributed by atoms with Gasteiger partial charge in [-0.25, -0.2) is 4.79 Å². The van der Waals surface area contributed by atoms with Gasteiger partial charge in [0.1, 0.15) is 6.10 Å². The Morgan fingerprint density at radius 1 is 1.12 bits per heavy atom. The van der Waals surface area contributed by atoms with Crippen molar-refractivity contribution in [3.63, 3.8) is 0 Å². The van der Waals surface area contributed by atoms with Crippen LogP contribution in [0.5, 0.6) is 0 Å². The molecule has 3 aromatic rings. The predicted octanol–water partition coefficient (Wildman–Crippen LogP) is 5.20. The van der Waals surface area contributed by atoms with Gasteiger partial charge in [0.15, 0.2) is 0 Å². The molecule has 0 spiro atoms. The normalized spacial score (nSPS) is 13.8. The van der Waals surface area contributed by atoms with Gasteiger partial charge in [0.05, 0.1) is 5.56 Å². The highest BCUT2D eigenvalue weighted by Crippen LogP contribution is 2.36. The average molecular weight is 396 g/mol. The van der Waals surface area contributed by atoms with Gasteiger partial charge < -0.3 is 10.5 Å². The first-order valence-corrected chi connectivity index (χ1v) is 9.13. The van der Waals surface area contributed by atoms with Crippen molar-refractivity contribution in [3.8, 4) is 0 Å². The maximum absolute atomic E-state index is 12.5. The first-order valence-electron chi connectivity index (χ1n) is 8.34. The maximum Gasteiger partial charge on any atom is 0.338 e. The van der Waals surface area contributed by atoms with E-state index in [0.29, 0.717) is 11.3 Å². The number of hydrogen-bond acceptors (Lipinski definition) is 3. The Balaban J connectivity index is 1.66. The fourth-order valence-electron chi connectivity index (χ4n) is 3.59. The summed E-state index contributed by atoms with van der Waals surface area (Å²) in [5.41, 5.74) is 10.6. The molecule has 3 aromatic carbocycles. The Hall–Kier alpha value is -2.33. The molecule has 1 aliphatic rings. The molecule has 25 heavy (non-hydrogen) atoms. The van der Waals surface area contributed by atoms with Crippen molar-refractivity contribution < 1.29 is 9.53 Å². The summed E-state index contributed by atoms with van der Waals surface area (Å²) in [6.45, 7) is 1.92. The molecule has 0 aliphatic heterocycles. The molecule has 4 heteroatoms. The highest BCUT2D eigenvalue weighted by atomic mass is 79.9. The van der Waals surface area contributed by atoms with Crippen molar-refractivity contribution in [1.82, 2.24) is 0 Å². The van der Waals surface area contributed by atoms with Crippen LogP contribution in [0.25, 0.3) is 10.8 Å². The lowest BCUT2D eigenvalue weighted by Crippen LogP contribution is -2.10. The Labute approximate surface area is 154 Å². The van der Waals surface area contributed by atoms with Gasteiger partial charge >= 0.3 is 5.97 Å². The average Bonchev–Trinajstić information content (AvgIpc) is 3.02. The second-order valence-corrected chi connectivity index (χ2v) is 7.29. The standard InChI is InChI=1S/C21H18BrNO2/c1-12(25-21(24)15-8-10-18(22)19(23)11-15)16-9-7-14-6-5-13-3-2-4-17(16)20(13)14/h2-4,7-12H,5-6,23H2,1H3/t12-/m0/s1. The number of ether oxygens (including phenoxy) is 1. The van der Waals surface area contributed by atoms with Crippen molar-refractivity contribution in [2.24, 2.45) is 0 Å². The van der Waals surface area contributed by atoms with Gasteiger partial charge in [-0.05, 0) is 75.8 Å². The lowest BCUT2D eigenvalue weighted by molar-refractivity contribution is 0.0341. The number of nitrogen functional groups attached to an aromatic ring is 1. The number of esters is 1. The van der Waals surface area contributed by atoms with Crippen molar-refractivity contribution >= 4 is 38.4 Å². The molecule has 126 valence electrons. The summed E-state index contributed by atoms with van der Waals surface area (Å²) in [7, 11) is 0. The van der Waals surface area contributed by atoms with Crippen molar-refractivity contribution in [1.29, 1.82) is 0 Å². The van der Waals surface area contributed by atoms with Crippen LogP contribution in [0.1, 0.15) is 40.1 Å². The third kappa shape index (κ3) is 2.81. The number of anilines is 1. The lowest BCUT2D eigenvalue weighted by Gasteiger charge is -2.17. The summed E-state index contributed by atoms with van der Waals surface area (Å²) in [6.07, 6.45) is 1.84. The van der Waals surface area contributed by atoms with Gasteiger partial charge in [-0.1, -0.05) is 30.3 Å². The predicted molar refractivity (Wildman–Crippen MR) is 104 cm³/mol. The smallest absolute Gasteiger partial charge is 0.338 e. The first kappa shape index (κ1) is 16.2. The molecule has 0 bridgehead atoms. The van der Waals surface area contributed by atoms with Crippen molar-refractivity contribution in [2.75, 3.05) is 5.73 Å². The SMILES string of the molecule is C[C@H](OC(=O)c1ccc(Br)c(N)c1)c1ccc2c3c(cccc13)CC2. The number of hydrogen-bond donors (Lipinski definition) is 1. The molecule has 0 aromatic heterocycles. The molecule has 1 atom stereocenters. The highest BCUT2D eigenvalue weighted by Gasteiger charge is 2.20. The van der Waals surface area contributed by atoms with E-state index >= 15 is 0 Å². The lowest BCUT2D eigenvalue weighted by atomic mass is 9.97. The first-order chi connectivity index (χ1) is 12.0. The van der Waals surface area contributed by atoms with Crippen LogP contribution in [0.3, 0.4) is 0 Å². The third-order valence-electron chi connectivity index (χ3n) is 4.86. The van der Waals surface area contributed by atoms with Gasteiger partial charge in [-0.15, -0.1) is 0 Å². The minimum Gasteiger partial charge on any atom is -0.454 e. The van der Waals surface area contributed by atoms with E-state index < -0.39 is 0 Å². The number of benzene rings is 3. The van der Waals surface area contributed by atoms with Crippen LogP contribution in [0, 0.1) is 0 Å². The van der Waals surface area contributed by atoms with Crippen molar-refractivity contribution in [3.05, 3.63) is 75.3 Å². The van der Waals surface area contributed by atoms with Crippen LogP contribution in [-0.2, 0) is 17.6 Å². The van der Waals surface area contributed by atoms with E-state index in [4.69, 9.17) is 10.5 Å². The Morgan fingerprint density at radius 3 is 2.64 bits per heavy atom. The summed E-state index contributed by atoms with van der Waals surface area (Å²) < 4.78 is 6.48. The number of halogens is 1. The number of rotatable bonds is 3. The summed E-state index contributed by atoms with van der Waals surface area (Å²) in [5.74, 6) is -0.366. The fourth-order valence-corrected chi connectivity index (χ4v) is 3.83. The molecule has 0 amide bonds. The molecule has 0 radical (unpaired) electrons. The van der Waals surface area contributed by atoms with Gasteiger partial charge in [-0.2, -0.15) is 0 Å². The van der Waals surface area contributed by atoms with E-state index in [0.717, 1.165) is 22.9 Å². The van der Waals surface area contributed by atoms with Crippen LogP contribution < -0.4 is 5.73 Å². The second kappa shape index (κ2) is 6.19. The highest BCUT2D eigenvalue weighted by molar-refractivity contribution is 9.10. The number of nitrogens with two attached hydrogens (primary N) is 1. The van der Waals surface area contributed by atoms with Gasteiger partial charge in [0, 0.05) is 15.7 Å². The molecule has 3 nitrogen and oxygen atoms in total. The molecular formula is C21H18BrNO2. The summed E-state index contributed by atoms with van der Waals surface area (Å²) in [6, 6.07) is 15.7. The molecule has 0 unspecified atom stereocenters. The molecule has 2 N–H and O–H groups in total. The number of carbonyl (C=O) groups excluding carboxylic acids is 1. The van der Waals surface area contributed by atoms with Crippen LogP contribution >= 0.6 is 15.9 Å². The van der Waals surface area contributed by atoms with E-state index in [1.165, 1.54) is 21.9 Å². The maximum atomic E-state index is 12.5. The summed E-state index contributed by atoms with van der Waals surface area (Å²) >= 11 is 3.34. The Bertz CT molecular complexity index is 986. The second-order valence-electron chi connectivity index (χ2n) is 6.44. The van der Waals surface area contributed by atoms with Gasteiger partial charge in [0.2, 0.25) is 0 Å². The molecule has 1 aliphatic carbocycles. The topological polar surface area (TPSA) is 52.3 Å². The minimum absolute atomic E-state index is 0.331. The molecule has 0 saturated carbocycles. The molecular weight excluding hydrogens is 378 g/mol. The molecule has 0 saturated heterocycles. The van der Waals surface area contributed by atoms with E-state index in [9.17, 15) is 4.79 Å². The summed E-state index contributed by atoms with van der Waals surface area (Å²) in [4.78, 5) is 12.5. The van der Waals surface area contributed by atoms with E-state index in [1.807, 2.05) is 6.92 Å². The van der Waals surface area contributed by atoms with Gasteiger partial charge in [0.25, 0.3) is 0 Å². The molecule has 0 fully saturated rings. The summed E-state index contributed by atoms with van der Waals surface area (Å²) in [5, 5.41) is 2.51. The fraction of sp³-hybridized carbons (Fsp3) is 0.190. The van der Waals surface area contributed by atoms with E-state index in [2.05, 4.69) is 46.3 Å². The van der Waals surface area contributed by atoms with Crippen molar-refractivity contribution in [2.45, 2.75) is 25.9 Å². The van der Waals surface area contributed by atoms with Gasteiger partial charge in [-0.3, -0.25) is 0 Å². The zero-order chi connectivity index (χ0) is 17.6. The largest absolute Gasteiger partial charge is 0.454 e. The van der Waals surface area contributed by atoms with Crippen LogP contribution in [0.4, 0.5) is 5.69 Å². The van der Waals surface area contributed by atoms with E-state index in [-0.39, 0.29) is 12.1 Å². The Kier molecular flexibility index (Phi) is 4.00. The third-order valence-corrected chi connectivity index (χ3v) is 5.59. The number of carbonyl (C=O) groups is 1. The zero-order valence-electron chi connectivity index (χ0n) is 13.9. The zero-order valence-corrected chi connectivity index (χ0v) is 15.5. The monoisotopic (exact) mass is 395 g/mol. The van der Waals surface area contributed by atoms with Crippen LogP contribution in [0.2, 0.25) is 0 Å². The number of aryl methyl sites for hydroxylation is 2. The van der Waals surface area contributed by atoms with Crippen LogP contribution in [0.15, 0.2) is 53.0 Å². The minimum atomic E-state index is -0.366. The van der Waals surface area contributed by atoms with E-state index in [1.54, 1.807) is 18.2 Å². The molecule has 4 rings (SSSR count). The molecule has 0 heterocycles. The quantitative estimate of drug-likeness (QED) is 0.489. The van der Waals surface area contributed by atoms with Crippen LogP contribution in [-0.4, -0.2) is 5.97 Å².